The highest BCUT2D eigenvalue weighted by Gasteiger charge is 2.29. The monoisotopic (exact) mass is 224 g/mol. The number of likely N-dealkylation sites (tertiary alicyclic amines) is 2. The summed E-state index contributed by atoms with van der Waals surface area (Å²) in [6.45, 7) is 6.35. The predicted molar refractivity (Wildman–Crippen MR) is 65.2 cm³/mol. The van der Waals surface area contributed by atoms with E-state index < -0.39 is 0 Å². The van der Waals surface area contributed by atoms with Crippen molar-refractivity contribution in [3.63, 3.8) is 0 Å². The van der Waals surface area contributed by atoms with E-state index in [-0.39, 0.29) is 5.92 Å². The van der Waals surface area contributed by atoms with Gasteiger partial charge in [0.2, 0.25) is 5.91 Å². The van der Waals surface area contributed by atoms with Crippen LogP contribution in [0.15, 0.2) is 0 Å². The van der Waals surface area contributed by atoms with Crippen LogP contribution in [0.5, 0.6) is 0 Å². The number of amides is 1. The maximum absolute atomic E-state index is 12.3. The van der Waals surface area contributed by atoms with E-state index in [2.05, 4.69) is 23.8 Å². The fourth-order valence-corrected chi connectivity index (χ4v) is 3.02. The third-order valence-electron chi connectivity index (χ3n) is 3.94. The second-order valence-corrected chi connectivity index (χ2v) is 5.63. The minimum absolute atomic E-state index is 0.268. The Balaban J connectivity index is 1.90. The van der Waals surface area contributed by atoms with Gasteiger partial charge in [0.15, 0.2) is 0 Å². The van der Waals surface area contributed by atoms with E-state index in [1.165, 1.54) is 19.3 Å². The van der Waals surface area contributed by atoms with Gasteiger partial charge in [0.05, 0.1) is 5.92 Å². The third kappa shape index (κ3) is 2.76. The smallest absolute Gasteiger partial charge is 0.226 e. The van der Waals surface area contributed by atoms with E-state index >= 15 is 0 Å². The first kappa shape index (κ1) is 11.9. The van der Waals surface area contributed by atoms with Crippen molar-refractivity contribution in [3.8, 4) is 0 Å². The standard InChI is InChI=1S/C13H24N2O/c1-11-5-3-8-15(9-11)13(16)12-6-4-7-14(2)10-12/h11-12H,3-10H2,1-2H3/t11-,12-/m1/s1. The maximum Gasteiger partial charge on any atom is 0.226 e. The van der Waals surface area contributed by atoms with Crippen LogP contribution in [0.1, 0.15) is 32.6 Å². The topological polar surface area (TPSA) is 23.6 Å². The summed E-state index contributed by atoms with van der Waals surface area (Å²) >= 11 is 0. The van der Waals surface area contributed by atoms with Crippen molar-refractivity contribution in [3.05, 3.63) is 0 Å². The zero-order valence-electron chi connectivity index (χ0n) is 10.6. The van der Waals surface area contributed by atoms with E-state index in [1.54, 1.807) is 0 Å². The summed E-state index contributed by atoms with van der Waals surface area (Å²) in [5, 5.41) is 0. The number of carbonyl (C=O) groups excluding carboxylic acids is 1. The van der Waals surface area contributed by atoms with E-state index in [0.29, 0.717) is 11.8 Å². The Morgan fingerprint density at radius 3 is 2.56 bits per heavy atom. The lowest BCUT2D eigenvalue weighted by Gasteiger charge is -2.36. The summed E-state index contributed by atoms with van der Waals surface area (Å²) < 4.78 is 0. The van der Waals surface area contributed by atoms with Gasteiger partial charge in [-0.05, 0) is 45.2 Å². The molecule has 2 saturated heterocycles. The normalized spacial score (nSPS) is 32.8. The first-order valence-electron chi connectivity index (χ1n) is 6.64. The van der Waals surface area contributed by atoms with Crippen LogP contribution >= 0.6 is 0 Å². The minimum Gasteiger partial charge on any atom is -0.342 e. The van der Waals surface area contributed by atoms with Crippen LogP contribution in [-0.2, 0) is 4.79 Å². The molecular weight excluding hydrogens is 200 g/mol. The molecule has 0 unspecified atom stereocenters. The SMILES string of the molecule is C[C@@H]1CCCN(C(=O)[C@@H]2CCCN(C)C2)C1. The van der Waals surface area contributed by atoms with Gasteiger partial charge in [-0.3, -0.25) is 4.79 Å². The lowest BCUT2D eigenvalue weighted by Crippen LogP contribution is -2.46. The van der Waals surface area contributed by atoms with Crippen LogP contribution in [0.25, 0.3) is 0 Å². The molecule has 2 aliphatic rings. The molecule has 0 aromatic carbocycles. The molecule has 0 saturated carbocycles. The Hall–Kier alpha value is -0.570. The molecule has 92 valence electrons. The molecular formula is C13H24N2O. The molecule has 3 heteroatoms. The average Bonchev–Trinajstić information content (AvgIpc) is 2.28. The summed E-state index contributed by atoms with van der Waals surface area (Å²) in [6, 6.07) is 0. The van der Waals surface area contributed by atoms with Crippen molar-refractivity contribution in [1.29, 1.82) is 0 Å². The number of hydrogen-bond acceptors (Lipinski definition) is 2. The molecule has 0 spiro atoms. The van der Waals surface area contributed by atoms with Crippen LogP contribution in [0.3, 0.4) is 0 Å². The Labute approximate surface area is 98.8 Å². The quantitative estimate of drug-likeness (QED) is 0.675. The molecule has 1 amide bonds. The number of carbonyl (C=O) groups is 1. The molecule has 0 N–H and O–H groups in total. The first-order chi connectivity index (χ1) is 7.66. The Morgan fingerprint density at radius 2 is 1.88 bits per heavy atom. The van der Waals surface area contributed by atoms with E-state index in [1.807, 2.05) is 0 Å². The summed E-state index contributed by atoms with van der Waals surface area (Å²) in [4.78, 5) is 16.7. The van der Waals surface area contributed by atoms with Gasteiger partial charge in [0.1, 0.15) is 0 Å². The van der Waals surface area contributed by atoms with Crippen molar-refractivity contribution in [2.24, 2.45) is 11.8 Å². The molecule has 0 aromatic rings. The summed E-state index contributed by atoms with van der Waals surface area (Å²) in [5.41, 5.74) is 0. The van der Waals surface area contributed by atoms with E-state index in [0.717, 1.165) is 32.6 Å². The van der Waals surface area contributed by atoms with Crippen LogP contribution in [0, 0.1) is 11.8 Å². The van der Waals surface area contributed by atoms with Gasteiger partial charge < -0.3 is 9.80 Å². The number of piperidine rings is 2. The predicted octanol–water partition coefficient (Wildman–Crippen LogP) is 1.59. The Kier molecular flexibility index (Phi) is 3.85. The Morgan fingerprint density at radius 1 is 1.12 bits per heavy atom. The highest BCUT2D eigenvalue weighted by Crippen LogP contribution is 2.22. The van der Waals surface area contributed by atoms with Crippen molar-refractivity contribution >= 4 is 5.91 Å². The van der Waals surface area contributed by atoms with Crippen molar-refractivity contribution in [1.82, 2.24) is 9.80 Å². The van der Waals surface area contributed by atoms with Crippen LogP contribution in [0.4, 0.5) is 0 Å². The van der Waals surface area contributed by atoms with Gasteiger partial charge >= 0.3 is 0 Å². The number of hydrogen-bond donors (Lipinski definition) is 0. The largest absolute Gasteiger partial charge is 0.342 e. The molecule has 0 radical (unpaired) electrons. The molecule has 2 heterocycles. The zero-order chi connectivity index (χ0) is 11.5. The van der Waals surface area contributed by atoms with Crippen LogP contribution in [-0.4, -0.2) is 48.9 Å². The molecule has 16 heavy (non-hydrogen) atoms. The van der Waals surface area contributed by atoms with E-state index in [4.69, 9.17) is 0 Å². The van der Waals surface area contributed by atoms with Crippen molar-refractivity contribution < 1.29 is 4.79 Å². The van der Waals surface area contributed by atoms with Gasteiger partial charge in [0.25, 0.3) is 0 Å². The minimum atomic E-state index is 0.268. The molecule has 0 aromatic heterocycles. The number of rotatable bonds is 1. The molecule has 3 nitrogen and oxygen atoms in total. The lowest BCUT2D eigenvalue weighted by atomic mass is 9.94. The van der Waals surface area contributed by atoms with Gasteiger partial charge in [-0.15, -0.1) is 0 Å². The van der Waals surface area contributed by atoms with Crippen LogP contribution in [0.2, 0.25) is 0 Å². The summed E-state index contributed by atoms with van der Waals surface area (Å²) in [5.74, 6) is 1.38. The van der Waals surface area contributed by atoms with Crippen molar-refractivity contribution in [2.45, 2.75) is 32.6 Å². The van der Waals surface area contributed by atoms with Crippen molar-refractivity contribution in [2.75, 3.05) is 33.2 Å². The summed E-state index contributed by atoms with van der Waals surface area (Å²) in [7, 11) is 2.12. The third-order valence-corrected chi connectivity index (χ3v) is 3.94. The first-order valence-corrected chi connectivity index (χ1v) is 6.64. The summed E-state index contributed by atoms with van der Waals surface area (Å²) in [6.07, 6.45) is 4.74. The van der Waals surface area contributed by atoms with Gasteiger partial charge in [-0.25, -0.2) is 0 Å². The zero-order valence-corrected chi connectivity index (χ0v) is 10.6. The van der Waals surface area contributed by atoms with Crippen LogP contribution < -0.4 is 0 Å². The molecule has 2 atom stereocenters. The highest BCUT2D eigenvalue weighted by molar-refractivity contribution is 5.79. The maximum atomic E-state index is 12.3. The molecule has 2 fully saturated rings. The fourth-order valence-electron chi connectivity index (χ4n) is 3.02. The van der Waals surface area contributed by atoms with E-state index in [9.17, 15) is 4.79 Å². The molecule has 0 aliphatic carbocycles. The number of nitrogens with zero attached hydrogens (tertiary/aromatic N) is 2. The molecule has 2 aliphatic heterocycles. The van der Waals surface area contributed by atoms with Gasteiger partial charge in [0, 0.05) is 19.6 Å². The second kappa shape index (κ2) is 5.17. The highest BCUT2D eigenvalue weighted by atomic mass is 16.2. The molecule has 2 rings (SSSR count). The molecule has 0 bridgehead atoms. The Bertz CT molecular complexity index is 230. The van der Waals surface area contributed by atoms with Gasteiger partial charge in [-0.1, -0.05) is 6.92 Å². The average molecular weight is 224 g/mol. The van der Waals surface area contributed by atoms with Gasteiger partial charge in [-0.2, -0.15) is 0 Å². The lowest BCUT2D eigenvalue weighted by molar-refractivity contribution is -0.138. The fraction of sp³-hybridized carbons (Fsp3) is 0.923. The second-order valence-electron chi connectivity index (χ2n) is 5.63.